The minimum Gasteiger partial charge on any atom is -0.344 e. The number of hydrogen-bond donors (Lipinski definition) is 2. The normalized spacial score (nSPS) is 12.1. The van der Waals surface area contributed by atoms with Gasteiger partial charge in [-0.05, 0) is 25.1 Å². The molecule has 1 aromatic carbocycles. The van der Waals surface area contributed by atoms with E-state index in [0.717, 1.165) is 16.8 Å². The van der Waals surface area contributed by atoms with Crippen molar-refractivity contribution in [3.05, 3.63) is 45.7 Å². The minimum absolute atomic E-state index is 0.118. The van der Waals surface area contributed by atoms with Crippen molar-refractivity contribution in [3.63, 3.8) is 0 Å². The summed E-state index contributed by atoms with van der Waals surface area (Å²) in [6.07, 6.45) is 0. The van der Waals surface area contributed by atoms with Gasteiger partial charge in [0.2, 0.25) is 5.91 Å². The molecule has 0 bridgehead atoms. The average molecular weight is 349 g/mol. The summed E-state index contributed by atoms with van der Waals surface area (Å²) in [5.74, 6) is -1.16. The molecule has 1 aromatic heterocycles. The average Bonchev–Trinajstić information content (AvgIpc) is 2.98. The second-order valence-corrected chi connectivity index (χ2v) is 6.73. The van der Waals surface area contributed by atoms with E-state index in [-0.39, 0.29) is 17.5 Å². The van der Waals surface area contributed by atoms with Gasteiger partial charge in [-0.3, -0.25) is 9.59 Å². The number of benzene rings is 1. The molecule has 0 aliphatic heterocycles. The number of anilines is 1. The maximum absolute atomic E-state index is 13.9. The van der Waals surface area contributed by atoms with Crippen LogP contribution in [0.4, 0.5) is 10.1 Å². The largest absolute Gasteiger partial charge is 0.344 e. The molecule has 0 aliphatic rings. The van der Waals surface area contributed by atoms with Crippen LogP contribution < -0.4 is 10.6 Å². The van der Waals surface area contributed by atoms with Gasteiger partial charge in [-0.15, -0.1) is 11.3 Å². The van der Waals surface area contributed by atoms with Crippen LogP contribution in [0.3, 0.4) is 0 Å². The first-order valence-electron chi connectivity index (χ1n) is 7.61. The van der Waals surface area contributed by atoms with Gasteiger partial charge in [-0.1, -0.05) is 13.8 Å². The molecule has 5 nitrogen and oxygen atoms in total. The highest BCUT2D eigenvalue weighted by molar-refractivity contribution is 7.09. The van der Waals surface area contributed by atoms with E-state index in [0.29, 0.717) is 11.6 Å². The number of hydrogen-bond acceptors (Lipinski definition) is 4. The number of amides is 2. The monoisotopic (exact) mass is 349 g/mol. The molecule has 2 amide bonds. The molecule has 0 spiro atoms. The molecule has 0 fully saturated rings. The molecule has 1 atom stereocenters. The summed E-state index contributed by atoms with van der Waals surface area (Å²) in [4.78, 5) is 27.9. The SMILES string of the molecule is CC(=O)Nc1ccc(F)c(C(=O)NC(C)c2csc(C(C)C)n2)c1. The van der Waals surface area contributed by atoms with Crippen LogP contribution >= 0.6 is 11.3 Å². The first-order valence-corrected chi connectivity index (χ1v) is 8.49. The van der Waals surface area contributed by atoms with E-state index in [9.17, 15) is 14.0 Å². The Bertz CT molecular complexity index is 758. The van der Waals surface area contributed by atoms with Gasteiger partial charge < -0.3 is 10.6 Å². The molecular weight excluding hydrogens is 329 g/mol. The van der Waals surface area contributed by atoms with E-state index in [1.807, 2.05) is 5.38 Å². The van der Waals surface area contributed by atoms with Crippen molar-refractivity contribution in [1.82, 2.24) is 10.3 Å². The lowest BCUT2D eigenvalue weighted by Crippen LogP contribution is -2.27. The van der Waals surface area contributed by atoms with Crippen LogP contribution in [0.2, 0.25) is 0 Å². The fraction of sp³-hybridized carbons (Fsp3) is 0.353. The second-order valence-electron chi connectivity index (χ2n) is 5.84. The van der Waals surface area contributed by atoms with Crippen LogP contribution in [0.1, 0.15) is 60.7 Å². The van der Waals surface area contributed by atoms with E-state index in [2.05, 4.69) is 29.5 Å². The van der Waals surface area contributed by atoms with Crippen LogP contribution in [-0.2, 0) is 4.79 Å². The quantitative estimate of drug-likeness (QED) is 0.861. The third kappa shape index (κ3) is 4.38. The molecule has 2 aromatic rings. The summed E-state index contributed by atoms with van der Waals surface area (Å²) >= 11 is 1.54. The Morgan fingerprint density at radius 3 is 2.54 bits per heavy atom. The minimum atomic E-state index is -0.644. The Morgan fingerprint density at radius 1 is 1.25 bits per heavy atom. The molecule has 1 heterocycles. The number of thiazole rings is 1. The Hall–Kier alpha value is -2.28. The predicted octanol–water partition coefficient (Wildman–Crippen LogP) is 3.86. The highest BCUT2D eigenvalue weighted by Gasteiger charge is 2.18. The highest BCUT2D eigenvalue weighted by atomic mass is 32.1. The van der Waals surface area contributed by atoms with E-state index in [1.54, 1.807) is 6.92 Å². The van der Waals surface area contributed by atoms with Gasteiger partial charge >= 0.3 is 0 Å². The summed E-state index contributed by atoms with van der Waals surface area (Å²) in [5.41, 5.74) is 1.00. The van der Waals surface area contributed by atoms with Crippen LogP contribution in [0.25, 0.3) is 0 Å². The van der Waals surface area contributed by atoms with Gasteiger partial charge in [0.15, 0.2) is 0 Å². The van der Waals surface area contributed by atoms with Crippen LogP contribution in [0.5, 0.6) is 0 Å². The van der Waals surface area contributed by atoms with Gasteiger partial charge in [-0.25, -0.2) is 9.37 Å². The Labute approximate surface area is 144 Å². The number of rotatable bonds is 5. The van der Waals surface area contributed by atoms with Crippen molar-refractivity contribution >= 4 is 28.8 Å². The van der Waals surface area contributed by atoms with Gasteiger partial charge in [0, 0.05) is 23.9 Å². The molecule has 0 saturated heterocycles. The topological polar surface area (TPSA) is 71.1 Å². The highest BCUT2D eigenvalue weighted by Crippen LogP contribution is 2.23. The predicted molar refractivity (Wildman–Crippen MR) is 92.8 cm³/mol. The molecule has 2 rings (SSSR count). The lowest BCUT2D eigenvalue weighted by molar-refractivity contribution is -0.114. The molecule has 1 unspecified atom stereocenters. The second kappa shape index (κ2) is 7.53. The van der Waals surface area contributed by atoms with Gasteiger partial charge in [0.1, 0.15) is 5.82 Å². The van der Waals surface area contributed by atoms with E-state index >= 15 is 0 Å². The summed E-state index contributed by atoms with van der Waals surface area (Å²) in [7, 11) is 0. The number of nitrogens with one attached hydrogen (secondary N) is 2. The van der Waals surface area contributed by atoms with Crippen molar-refractivity contribution in [1.29, 1.82) is 0 Å². The van der Waals surface area contributed by atoms with Crippen molar-refractivity contribution < 1.29 is 14.0 Å². The number of aromatic nitrogens is 1. The molecule has 7 heteroatoms. The Kier molecular flexibility index (Phi) is 5.66. The van der Waals surface area contributed by atoms with Gasteiger partial charge in [-0.2, -0.15) is 0 Å². The third-order valence-corrected chi connectivity index (χ3v) is 4.52. The van der Waals surface area contributed by atoms with Gasteiger partial charge in [0.05, 0.1) is 22.3 Å². The fourth-order valence-electron chi connectivity index (χ4n) is 2.09. The maximum Gasteiger partial charge on any atom is 0.254 e. The molecule has 0 saturated carbocycles. The standard InChI is InChI=1S/C17H20FN3O2S/c1-9(2)17-21-15(8-24-17)10(3)19-16(23)13-7-12(20-11(4)22)5-6-14(13)18/h5-10H,1-4H3,(H,19,23)(H,20,22). The molecule has 0 aliphatic carbocycles. The first-order chi connectivity index (χ1) is 11.3. The lowest BCUT2D eigenvalue weighted by atomic mass is 10.1. The number of halogens is 1. The lowest BCUT2D eigenvalue weighted by Gasteiger charge is -2.13. The zero-order valence-electron chi connectivity index (χ0n) is 14.0. The smallest absolute Gasteiger partial charge is 0.254 e. The zero-order valence-corrected chi connectivity index (χ0v) is 14.8. The zero-order chi connectivity index (χ0) is 17.9. The van der Waals surface area contributed by atoms with Crippen molar-refractivity contribution in [2.45, 2.75) is 39.7 Å². The summed E-state index contributed by atoms with van der Waals surface area (Å²) < 4.78 is 13.9. The van der Waals surface area contributed by atoms with E-state index < -0.39 is 11.7 Å². The molecule has 2 N–H and O–H groups in total. The van der Waals surface area contributed by atoms with Crippen molar-refractivity contribution in [2.24, 2.45) is 0 Å². The third-order valence-electron chi connectivity index (χ3n) is 3.36. The number of carbonyl (C=O) groups is 2. The van der Waals surface area contributed by atoms with Crippen molar-refractivity contribution in [3.8, 4) is 0 Å². The van der Waals surface area contributed by atoms with Gasteiger partial charge in [0.25, 0.3) is 5.91 Å². The Morgan fingerprint density at radius 2 is 1.96 bits per heavy atom. The molecule has 24 heavy (non-hydrogen) atoms. The molecular formula is C17H20FN3O2S. The van der Waals surface area contributed by atoms with Crippen molar-refractivity contribution in [2.75, 3.05) is 5.32 Å². The summed E-state index contributed by atoms with van der Waals surface area (Å²) in [5, 5.41) is 8.15. The number of nitrogens with zero attached hydrogens (tertiary/aromatic N) is 1. The van der Waals surface area contributed by atoms with E-state index in [4.69, 9.17) is 0 Å². The maximum atomic E-state index is 13.9. The first kappa shape index (κ1) is 18.1. The summed E-state index contributed by atoms with van der Waals surface area (Å²) in [6.45, 7) is 7.25. The van der Waals surface area contributed by atoms with Crippen LogP contribution in [0, 0.1) is 5.82 Å². The number of carbonyl (C=O) groups excluding carboxylic acids is 2. The fourth-order valence-corrected chi connectivity index (χ4v) is 3.02. The van der Waals surface area contributed by atoms with Crippen LogP contribution in [0.15, 0.2) is 23.6 Å². The molecule has 128 valence electrons. The Balaban J connectivity index is 2.14. The van der Waals surface area contributed by atoms with Crippen LogP contribution in [-0.4, -0.2) is 16.8 Å². The summed E-state index contributed by atoms with van der Waals surface area (Å²) in [6, 6.07) is 3.54. The van der Waals surface area contributed by atoms with E-state index in [1.165, 1.54) is 30.4 Å². The molecule has 0 radical (unpaired) electrons.